The van der Waals surface area contributed by atoms with Crippen molar-refractivity contribution in [3.8, 4) is 0 Å². The number of aliphatic hydroxyl groups excluding tert-OH is 1. The number of ether oxygens (including phenoxy) is 1. The van der Waals surface area contributed by atoms with E-state index in [1.807, 2.05) is 32.9 Å². The zero-order valence-corrected chi connectivity index (χ0v) is 10.8. The number of hydrogen-bond acceptors (Lipinski definition) is 4. The van der Waals surface area contributed by atoms with E-state index in [1.165, 1.54) is 7.11 Å². The van der Waals surface area contributed by atoms with Crippen LogP contribution in [0.3, 0.4) is 0 Å². The predicted molar refractivity (Wildman–Crippen MR) is 62.5 cm³/mol. The van der Waals surface area contributed by atoms with Crippen LogP contribution in [0.4, 0.5) is 4.79 Å². The molecule has 98 valence electrons. The Balaban J connectivity index is 2.79. The van der Waals surface area contributed by atoms with Gasteiger partial charge in [-0.15, -0.1) is 0 Å². The van der Waals surface area contributed by atoms with E-state index in [0.29, 0.717) is 11.5 Å². The minimum atomic E-state index is -0.801. The maximum atomic E-state index is 11.3. The standard InChI is InChI=1S/C12H21NO4/c1-12(2,3)10(14)8-6-5-7-9(8)13(16)11(15)17-4/h5-6,8-10,14,16H,7H2,1-4H3. The highest BCUT2D eigenvalue weighted by molar-refractivity contribution is 5.66. The number of carbonyl (C=O) groups is 1. The second-order valence-electron chi connectivity index (χ2n) is 5.43. The number of carbonyl (C=O) groups excluding carboxylic acids is 1. The molecule has 0 saturated heterocycles. The van der Waals surface area contributed by atoms with Crippen molar-refractivity contribution < 1.29 is 19.8 Å². The van der Waals surface area contributed by atoms with Gasteiger partial charge in [-0.3, -0.25) is 5.21 Å². The molecule has 0 saturated carbocycles. The van der Waals surface area contributed by atoms with Gasteiger partial charge in [-0.1, -0.05) is 32.9 Å². The first-order valence-corrected chi connectivity index (χ1v) is 5.70. The van der Waals surface area contributed by atoms with Crippen LogP contribution in [0.25, 0.3) is 0 Å². The molecule has 17 heavy (non-hydrogen) atoms. The highest BCUT2D eigenvalue weighted by atomic mass is 16.6. The first kappa shape index (κ1) is 14.0. The van der Waals surface area contributed by atoms with Crippen LogP contribution in [0, 0.1) is 11.3 Å². The average molecular weight is 243 g/mol. The van der Waals surface area contributed by atoms with Gasteiger partial charge in [0.25, 0.3) is 0 Å². The molecule has 0 aromatic carbocycles. The number of rotatable bonds is 2. The monoisotopic (exact) mass is 243 g/mol. The third-order valence-corrected chi connectivity index (χ3v) is 3.11. The lowest BCUT2D eigenvalue weighted by atomic mass is 9.79. The van der Waals surface area contributed by atoms with Crippen molar-refractivity contribution in [2.75, 3.05) is 7.11 Å². The lowest BCUT2D eigenvalue weighted by Gasteiger charge is -2.35. The highest BCUT2D eigenvalue weighted by Gasteiger charge is 2.40. The van der Waals surface area contributed by atoms with Crippen LogP contribution in [-0.4, -0.2) is 40.7 Å². The molecule has 1 amide bonds. The summed E-state index contributed by atoms with van der Waals surface area (Å²) >= 11 is 0. The van der Waals surface area contributed by atoms with Gasteiger partial charge in [-0.25, -0.2) is 4.79 Å². The summed E-state index contributed by atoms with van der Waals surface area (Å²) < 4.78 is 4.47. The largest absolute Gasteiger partial charge is 0.451 e. The number of nitrogens with zero attached hydrogens (tertiary/aromatic N) is 1. The van der Waals surface area contributed by atoms with Gasteiger partial charge in [0, 0.05) is 5.92 Å². The number of hydroxylamine groups is 2. The first-order valence-electron chi connectivity index (χ1n) is 5.70. The second kappa shape index (κ2) is 5.06. The molecule has 5 nitrogen and oxygen atoms in total. The second-order valence-corrected chi connectivity index (χ2v) is 5.43. The summed E-state index contributed by atoms with van der Waals surface area (Å²) in [5.74, 6) is -0.279. The summed E-state index contributed by atoms with van der Waals surface area (Å²) in [5, 5.41) is 20.5. The maximum absolute atomic E-state index is 11.3. The SMILES string of the molecule is COC(=O)N(O)C1CC=CC1C(O)C(C)(C)C. The van der Waals surface area contributed by atoms with Crippen LogP contribution in [0.5, 0.6) is 0 Å². The van der Waals surface area contributed by atoms with Crippen molar-refractivity contribution >= 4 is 6.09 Å². The topological polar surface area (TPSA) is 70.0 Å². The molecule has 0 aliphatic heterocycles. The molecule has 5 heteroatoms. The van der Waals surface area contributed by atoms with E-state index in [2.05, 4.69) is 4.74 Å². The molecule has 1 aliphatic carbocycles. The molecule has 1 rings (SSSR count). The molecular weight excluding hydrogens is 222 g/mol. The Labute approximate surface area is 102 Å². The summed E-state index contributed by atoms with van der Waals surface area (Å²) in [6.45, 7) is 5.75. The fourth-order valence-corrected chi connectivity index (χ4v) is 2.05. The molecule has 1 aliphatic rings. The molecular formula is C12H21NO4. The minimum absolute atomic E-state index is 0.279. The number of amides is 1. The molecule has 0 aromatic heterocycles. The van der Waals surface area contributed by atoms with Crippen molar-refractivity contribution in [3.05, 3.63) is 12.2 Å². The summed E-state index contributed by atoms with van der Waals surface area (Å²) in [5.41, 5.74) is -0.311. The lowest BCUT2D eigenvalue weighted by Crippen LogP contribution is -2.46. The van der Waals surface area contributed by atoms with Crippen molar-refractivity contribution in [2.45, 2.75) is 39.3 Å². The van der Waals surface area contributed by atoms with E-state index in [0.717, 1.165) is 0 Å². The zero-order chi connectivity index (χ0) is 13.2. The number of methoxy groups -OCH3 is 1. The number of aliphatic hydroxyl groups is 1. The third-order valence-electron chi connectivity index (χ3n) is 3.11. The maximum Gasteiger partial charge on any atom is 0.433 e. The average Bonchev–Trinajstić information content (AvgIpc) is 2.73. The van der Waals surface area contributed by atoms with Gasteiger partial charge < -0.3 is 9.84 Å². The van der Waals surface area contributed by atoms with Crippen LogP contribution in [-0.2, 0) is 4.74 Å². The fraction of sp³-hybridized carbons (Fsp3) is 0.750. The highest BCUT2D eigenvalue weighted by Crippen LogP contribution is 2.34. The molecule has 0 aromatic rings. The first-order chi connectivity index (χ1) is 7.79. The van der Waals surface area contributed by atoms with Crippen LogP contribution >= 0.6 is 0 Å². The molecule has 0 fully saturated rings. The Morgan fingerprint density at radius 2 is 2.12 bits per heavy atom. The number of hydrogen-bond donors (Lipinski definition) is 2. The van der Waals surface area contributed by atoms with E-state index >= 15 is 0 Å². The Hall–Kier alpha value is -1.07. The van der Waals surface area contributed by atoms with Gasteiger partial charge in [-0.2, -0.15) is 5.06 Å². The van der Waals surface area contributed by atoms with Gasteiger partial charge in [0.1, 0.15) is 0 Å². The molecule has 3 atom stereocenters. The van der Waals surface area contributed by atoms with E-state index in [9.17, 15) is 15.1 Å². The van der Waals surface area contributed by atoms with Gasteiger partial charge >= 0.3 is 6.09 Å². The Kier molecular flexibility index (Phi) is 4.16. The van der Waals surface area contributed by atoms with Crippen LogP contribution in [0.1, 0.15) is 27.2 Å². The minimum Gasteiger partial charge on any atom is -0.451 e. The molecule has 0 spiro atoms. The predicted octanol–water partition coefficient (Wildman–Crippen LogP) is 1.80. The van der Waals surface area contributed by atoms with Gasteiger partial charge in [0.15, 0.2) is 0 Å². The van der Waals surface area contributed by atoms with E-state index in [1.54, 1.807) is 0 Å². The summed E-state index contributed by atoms with van der Waals surface area (Å²) in [6.07, 6.45) is 2.78. The summed E-state index contributed by atoms with van der Waals surface area (Å²) in [6, 6.07) is -0.461. The van der Waals surface area contributed by atoms with Crippen LogP contribution < -0.4 is 0 Å². The normalized spacial score (nSPS) is 25.8. The zero-order valence-electron chi connectivity index (χ0n) is 10.8. The molecule has 0 bridgehead atoms. The van der Waals surface area contributed by atoms with Gasteiger partial charge in [0.2, 0.25) is 0 Å². The quantitative estimate of drug-likeness (QED) is 0.441. The van der Waals surface area contributed by atoms with Crippen molar-refractivity contribution in [1.82, 2.24) is 5.06 Å². The molecule has 2 N–H and O–H groups in total. The van der Waals surface area contributed by atoms with Gasteiger partial charge in [-0.05, 0) is 11.8 Å². The Bertz CT molecular complexity index is 308. The fourth-order valence-electron chi connectivity index (χ4n) is 2.05. The van der Waals surface area contributed by atoms with Crippen molar-refractivity contribution in [1.29, 1.82) is 0 Å². The molecule has 0 heterocycles. The summed E-state index contributed by atoms with van der Waals surface area (Å²) in [7, 11) is 1.21. The smallest absolute Gasteiger partial charge is 0.433 e. The molecule has 3 unspecified atom stereocenters. The Morgan fingerprint density at radius 1 is 1.53 bits per heavy atom. The van der Waals surface area contributed by atoms with Crippen LogP contribution in [0.15, 0.2) is 12.2 Å². The van der Waals surface area contributed by atoms with E-state index in [4.69, 9.17) is 0 Å². The van der Waals surface area contributed by atoms with E-state index < -0.39 is 18.2 Å². The summed E-state index contributed by atoms with van der Waals surface area (Å²) in [4.78, 5) is 11.3. The lowest BCUT2D eigenvalue weighted by molar-refractivity contribution is -0.125. The molecule has 0 radical (unpaired) electrons. The van der Waals surface area contributed by atoms with Crippen molar-refractivity contribution in [2.24, 2.45) is 11.3 Å². The van der Waals surface area contributed by atoms with Crippen LogP contribution in [0.2, 0.25) is 0 Å². The van der Waals surface area contributed by atoms with E-state index in [-0.39, 0.29) is 11.3 Å². The van der Waals surface area contributed by atoms with Gasteiger partial charge in [0.05, 0.1) is 19.3 Å². The third kappa shape index (κ3) is 2.98. The van der Waals surface area contributed by atoms with Crippen molar-refractivity contribution in [3.63, 3.8) is 0 Å². The Morgan fingerprint density at radius 3 is 2.59 bits per heavy atom.